The van der Waals surface area contributed by atoms with Gasteiger partial charge in [0.25, 0.3) is 0 Å². The van der Waals surface area contributed by atoms with E-state index >= 15 is 0 Å². The van der Waals surface area contributed by atoms with E-state index in [-0.39, 0.29) is 0 Å². The number of morpholine rings is 1. The number of likely N-dealkylation sites (tertiary alicyclic amines) is 1. The van der Waals surface area contributed by atoms with Crippen LogP contribution in [0.1, 0.15) is 46.5 Å². The van der Waals surface area contributed by atoms with Crippen LogP contribution in [0.15, 0.2) is 0 Å². The molecule has 3 aliphatic rings. The molecule has 3 heteroatoms. The number of nitrogens with zero attached hydrogens (tertiary/aromatic N) is 1. The Balaban J connectivity index is 1.59. The molecule has 1 saturated carbocycles. The van der Waals surface area contributed by atoms with E-state index in [4.69, 9.17) is 4.74 Å². The maximum Gasteiger partial charge on any atom is 0.0707 e. The Morgan fingerprint density at radius 3 is 2.47 bits per heavy atom. The maximum absolute atomic E-state index is 5.95. The second kappa shape index (κ2) is 5.34. The summed E-state index contributed by atoms with van der Waals surface area (Å²) in [6, 6.07) is 0.693. The molecule has 2 heterocycles. The summed E-state index contributed by atoms with van der Waals surface area (Å²) in [5, 5.41) is 3.75. The molecule has 2 saturated heterocycles. The van der Waals surface area contributed by atoms with Crippen LogP contribution in [-0.4, -0.2) is 49.3 Å². The summed E-state index contributed by atoms with van der Waals surface area (Å²) >= 11 is 0. The number of nitrogens with one attached hydrogen (secondary N) is 1. The normalized spacial score (nSPS) is 41.8. The van der Waals surface area contributed by atoms with Crippen molar-refractivity contribution >= 4 is 0 Å². The second-order valence-electron chi connectivity index (χ2n) is 7.50. The third-order valence-electron chi connectivity index (χ3n) is 5.51. The lowest BCUT2D eigenvalue weighted by Crippen LogP contribution is -2.49. The molecule has 0 spiro atoms. The first-order valence-electron chi connectivity index (χ1n) is 8.19. The lowest BCUT2D eigenvalue weighted by molar-refractivity contribution is -0.0437. The smallest absolute Gasteiger partial charge is 0.0707 e. The van der Waals surface area contributed by atoms with Gasteiger partial charge in [-0.25, -0.2) is 0 Å². The van der Waals surface area contributed by atoms with Gasteiger partial charge in [0.05, 0.1) is 12.2 Å². The molecule has 1 aliphatic carbocycles. The first-order valence-corrected chi connectivity index (χ1v) is 8.19. The van der Waals surface area contributed by atoms with Gasteiger partial charge in [-0.1, -0.05) is 20.8 Å². The van der Waals surface area contributed by atoms with Crippen LogP contribution in [0, 0.1) is 11.3 Å². The zero-order valence-corrected chi connectivity index (χ0v) is 12.8. The topological polar surface area (TPSA) is 24.5 Å². The van der Waals surface area contributed by atoms with E-state index in [0.29, 0.717) is 23.7 Å². The average molecular weight is 266 g/mol. The Hall–Kier alpha value is -0.120. The minimum Gasteiger partial charge on any atom is -0.372 e. The summed E-state index contributed by atoms with van der Waals surface area (Å²) in [7, 11) is 0. The van der Waals surface area contributed by atoms with E-state index in [9.17, 15) is 0 Å². The van der Waals surface area contributed by atoms with E-state index in [1.807, 2.05) is 0 Å². The molecule has 2 aliphatic heterocycles. The molecular formula is C16H30N2O. The van der Waals surface area contributed by atoms with Crippen molar-refractivity contribution in [2.75, 3.05) is 26.2 Å². The number of hydrogen-bond acceptors (Lipinski definition) is 3. The highest BCUT2D eigenvalue weighted by atomic mass is 16.5. The molecule has 0 aromatic rings. The zero-order chi connectivity index (χ0) is 13.5. The molecule has 3 nitrogen and oxygen atoms in total. The lowest BCUT2D eigenvalue weighted by atomic mass is 9.84. The largest absolute Gasteiger partial charge is 0.372 e. The first kappa shape index (κ1) is 13.8. The molecule has 2 bridgehead atoms. The number of fused-ring (bicyclic) bond motifs is 2. The molecule has 0 aromatic heterocycles. The van der Waals surface area contributed by atoms with Crippen molar-refractivity contribution in [2.24, 2.45) is 11.3 Å². The molecule has 110 valence electrons. The fraction of sp³-hybridized carbons (Fsp3) is 1.00. The molecule has 4 atom stereocenters. The van der Waals surface area contributed by atoms with E-state index in [0.717, 1.165) is 12.5 Å². The predicted octanol–water partition coefficient (Wildman–Crippen LogP) is 2.26. The Kier molecular flexibility index (Phi) is 3.89. The van der Waals surface area contributed by atoms with Gasteiger partial charge in [-0.05, 0) is 43.6 Å². The highest BCUT2D eigenvalue weighted by Crippen LogP contribution is 2.42. The molecule has 0 radical (unpaired) electrons. The molecule has 0 aromatic carbocycles. The lowest BCUT2D eigenvalue weighted by Gasteiger charge is -2.37. The van der Waals surface area contributed by atoms with Crippen molar-refractivity contribution in [1.82, 2.24) is 10.2 Å². The van der Waals surface area contributed by atoms with Crippen LogP contribution in [0.25, 0.3) is 0 Å². The van der Waals surface area contributed by atoms with Crippen molar-refractivity contribution in [1.29, 1.82) is 0 Å². The zero-order valence-electron chi connectivity index (χ0n) is 12.8. The maximum atomic E-state index is 5.95. The van der Waals surface area contributed by atoms with Crippen molar-refractivity contribution < 1.29 is 4.74 Å². The third kappa shape index (κ3) is 2.84. The fourth-order valence-corrected chi connectivity index (χ4v) is 4.56. The van der Waals surface area contributed by atoms with Gasteiger partial charge >= 0.3 is 0 Å². The van der Waals surface area contributed by atoms with Crippen molar-refractivity contribution in [3.05, 3.63) is 0 Å². The number of rotatable bonds is 4. The molecule has 19 heavy (non-hydrogen) atoms. The molecule has 0 amide bonds. The average Bonchev–Trinajstić information content (AvgIpc) is 2.83. The first-order chi connectivity index (χ1) is 9.08. The van der Waals surface area contributed by atoms with Gasteiger partial charge in [0.2, 0.25) is 0 Å². The quantitative estimate of drug-likeness (QED) is 0.845. The van der Waals surface area contributed by atoms with Crippen LogP contribution in [0.3, 0.4) is 0 Å². The number of hydrogen-bond donors (Lipinski definition) is 1. The van der Waals surface area contributed by atoms with Gasteiger partial charge in [0, 0.05) is 25.7 Å². The van der Waals surface area contributed by atoms with Gasteiger partial charge < -0.3 is 10.1 Å². The molecule has 3 rings (SSSR count). The van der Waals surface area contributed by atoms with E-state index in [2.05, 4.69) is 31.0 Å². The highest BCUT2D eigenvalue weighted by Gasteiger charge is 2.43. The summed E-state index contributed by atoms with van der Waals surface area (Å²) in [4.78, 5) is 2.68. The molecule has 1 N–H and O–H groups in total. The molecule has 3 fully saturated rings. The highest BCUT2D eigenvalue weighted by molar-refractivity contribution is 4.98. The van der Waals surface area contributed by atoms with Gasteiger partial charge in [-0.15, -0.1) is 0 Å². The minimum absolute atomic E-state index is 0.464. The summed E-state index contributed by atoms with van der Waals surface area (Å²) in [6.45, 7) is 11.8. The third-order valence-corrected chi connectivity index (χ3v) is 5.51. The SMILES string of the molecule is CCNC1C(CN2CC3CCC(C2)O3)CCC1(C)C. The Bertz CT molecular complexity index is 306. The summed E-state index contributed by atoms with van der Waals surface area (Å²) in [6.07, 6.45) is 6.39. The second-order valence-corrected chi connectivity index (χ2v) is 7.50. The van der Waals surface area contributed by atoms with Gasteiger partial charge in [0.1, 0.15) is 0 Å². The summed E-state index contributed by atoms with van der Waals surface area (Å²) in [5.74, 6) is 0.826. The van der Waals surface area contributed by atoms with E-state index in [1.54, 1.807) is 0 Å². The molecular weight excluding hydrogens is 236 g/mol. The Morgan fingerprint density at radius 2 is 1.84 bits per heavy atom. The standard InChI is InChI=1S/C16H30N2O/c1-4-17-15-12(7-8-16(15,2)3)9-18-10-13-5-6-14(11-18)19-13/h12-15,17H,4-11H2,1-3H3. The van der Waals surface area contributed by atoms with E-state index in [1.165, 1.54) is 45.3 Å². The van der Waals surface area contributed by atoms with Crippen molar-refractivity contribution in [3.63, 3.8) is 0 Å². The molecule has 4 unspecified atom stereocenters. The summed E-state index contributed by atoms with van der Waals surface area (Å²) < 4.78 is 5.95. The van der Waals surface area contributed by atoms with Gasteiger partial charge in [-0.3, -0.25) is 4.90 Å². The Labute approximate surface area is 118 Å². The van der Waals surface area contributed by atoms with Crippen LogP contribution in [0.5, 0.6) is 0 Å². The summed E-state index contributed by atoms with van der Waals surface area (Å²) in [5.41, 5.74) is 0.464. The monoisotopic (exact) mass is 266 g/mol. The van der Waals surface area contributed by atoms with E-state index < -0.39 is 0 Å². The van der Waals surface area contributed by atoms with Crippen LogP contribution in [0.4, 0.5) is 0 Å². The van der Waals surface area contributed by atoms with Crippen molar-refractivity contribution in [2.45, 2.75) is 64.7 Å². The predicted molar refractivity (Wildman–Crippen MR) is 78.3 cm³/mol. The van der Waals surface area contributed by atoms with Crippen LogP contribution < -0.4 is 5.32 Å². The van der Waals surface area contributed by atoms with Crippen LogP contribution >= 0.6 is 0 Å². The van der Waals surface area contributed by atoms with Crippen molar-refractivity contribution in [3.8, 4) is 0 Å². The van der Waals surface area contributed by atoms with Gasteiger partial charge in [-0.2, -0.15) is 0 Å². The van der Waals surface area contributed by atoms with Gasteiger partial charge in [0.15, 0.2) is 0 Å². The Morgan fingerprint density at radius 1 is 1.16 bits per heavy atom. The van der Waals surface area contributed by atoms with Crippen LogP contribution in [-0.2, 0) is 4.74 Å². The van der Waals surface area contributed by atoms with Crippen LogP contribution in [0.2, 0.25) is 0 Å². The minimum atomic E-state index is 0.464. The fourth-order valence-electron chi connectivity index (χ4n) is 4.56. The number of ether oxygens (including phenoxy) is 1.